The Labute approximate surface area is 138 Å². The summed E-state index contributed by atoms with van der Waals surface area (Å²) < 4.78 is 5.54. The minimum Gasteiger partial charge on any atom is -0.481 e. The van der Waals surface area contributed by atoms with Gasteiger partial charge in [0.2, 0.25) is 0 Å². The van der Waals surface area contributed by atoms with E-state index in [0.717, 1.165) is 4.88 Å². The van der Waals surface area contributed by atoms with Gasteiger partial charge < -0.3 is 15.2 Å². The highest BCUT2D eigenvalue weighted by Crippen LogP contribution is 2.24. The van der Waals surface area contributed by atoms with Crippen LogP contribution in [0.1, 0.15) is 18.7 Å². The molecule has 1 aromatic heterocycles. The highest BCUT2D eigenvalue weighted by atomic mass is 35.5. The quantitative estimate of drug-likeness (QED) is 0.849. The molecule has 4 nitrogen and oxygen atoms in total. The summed E-state index contributed by atoms with van der Waals surface area (Å²) in [6, 6.07) is 10.5. The van der Waals surface area contributed by atoms with Gasteiger partial charge in [0.05, 0.1) is 6.54 Å². The highest BCUT2D eigenvalue weighted by molar-refractivity contribution is 7.10. The maximum atomic E-state index is 12.1. The van der Waals surface area contributed by atoms with Crippen LogP contribution in [0.4, 0.5) is 0 Å². The van der Waals surface area contributed by atoms with E-state index in [2.05, 4.69) is 5.32 Å². The first-order valence-corrected chi connectivity index (χ1v) is 8.10. The predicted octanol–water partition coefficient (Wildman–Crippen LogP) is 3.19. The van der Waals surface area contributed by atoms with Crippen LogP contribution < -0.4 is 10.1 Å². The second-order valence-electron chi connectivity index (χ2n) is 5.18. The predicted molar refractivity (Wildman–Crippen MR) is 88.4 cm³/mol. The minimum absolute atomic E-state index is 0.126. The molecule has 22 heavy (non-hydrogen) atoms. The number of hydrogen-bond donors (Lipinski definition) is 2. The van der Waals surface area contributed by atoms with E-state index in [-0.39, 0.29) is 12.5 Å². The van der Waals surface area contributed by atoms with E-state index in [0.29, 0.717) is 10.8 Å². The van der Waals surface area contributed by atoms with Crippen molar-refractivity contribution in [1.29, 1.82) is 0 Å². The van der Waals surface area contributed by atoms with Crippen molar-refractivity contribution in [1.82, 2.24) is 5.32 Å². The Hall–Kier alpha value is -1.56. The fourth-order valence-electron chi connectivity index (χ4n) is 1.85. The maximum absolute atomic E-state index is 12.1. The Morgan fingerprint density at radius 2 is 2.09 bits per heavy atom. The lowest BCUT2D eigenvalue weighted by molar-refractivity contribution is -0.128. The molecule has 118 valence electrons. The van der Waals surface area contributed by atoms with Gasteiger partial charge in [-0.15, -0.1) is 11.3 Å². The van der Waals surface area contributed by atoms with Crippen molar-refractivity contribution in [2.75, 3.05) is 6.54 Å². The fourth-order valence-corrected chi connectivity index (χ4v) is 2.76. The molecule has 0 fully saturated rings. The molecular formula is C16H18ClNO3S. The molecule has 2 atom stereocenters. The smallest absolute Gasteiger partial charge is 0.260 e. The van der Waals surface area contributed by atoms with Crippen molar-refractivity contribution >= 4 is 28.8 Å². The molecule has 6 heteroatoms. The lowest BCUT2D eigenvalue weighted by Gasteiger charge is -2.23. The molecule has 0 aliphatic carbocycles. The summed E-state index contributed by atoms with van der Waals surface area (Å²) in [5, 5.41) is 15.6. The van der Waals surface area contributed by atoms with Gasteiger partial charge in [-0.3, -0.25) is 4.79 Å². The van der Waals surface area contributed by atoms with Crippen LogP contribution in [0.5, 0.6) is 5.75 Å². The highest BCUT2D eigenvalue weighted by Gasteiger charge is 2.26. The van der Waals surface area contributed by atoms with E-state index in [1.165, 1.54) is 11.3 Å². The molecule has 2 N–H and O–H groups in total. The van der Waals surface area contributed by atoms with Crippen LogP contribution in [0.3, 0.4) is 0 Å². The molecule has 2 rings (SSSR count). The number of nitrogens with one attached hydrogen (secondary N) is 1. The van der Waals surface area contributed by atoms with Crippen molar-refractivity contribution < 1.29 is 14.6 Å². The van der Waals surface area contributed by atoms with Gasteiger partial charge in [-0.1, -0.05) is 17.7 Å². The van der Waals surface area contributed by atoms with Crippen molar-refractivity contribution in [2.24, 2.45) is 0 Å². The number of thiophene rings is 1. The number of carbonyl (C=O) groups is 1. The maximum Gasteiger partial charge on any atom is 0.260 e. The van der Waals surface area contributed by atoms with Crippen molar-refractivity contribution in [3.63, 3.8) is 0 Å². The van der Waals surface area contributed by atoms with Crippen LogP contribution in [0.25, 0.3) is 0 Å². The molecule has 1 aromatic carbocycles. The number of ether oxygens (including phenoxy) is 1. The molecule has 0 radical (unpaired) electrons. The molecule has 0 bridgehead atoms. The molecule has 0 saturated carbocycles. The van der Waals surface area contributed by atoms with Gasteiger partial charge in [0, 0.05) is 9.90 Å². The molecule has 1 amide bonds. The third-order valence-corrected chi connectivity index (χ3v) is 4.53. The molecule has 1 heterocycles. The number of aliphatic hydroxyl groups is 1. The Balaban J connectivity index is 1.87. The zero-order chi connectivity index (χ0) is 16.2. The van der Waals surface area contributed by atoms with Crippen LogP contribution in [0.15, 0.2) is 41.8 Å². The molecule has 0 saturated heterocycles. The van der Waals surface area contributed by atoms with Gasteiger partial charge >= 0.3 is 0 Å². The summed E-state index contributed by atoms with van der Waals surface area (Å²) in [6.07, 6.45) is -0.666. The molecular weight excluding hydrogens is 322 g/mol. The van der Waals surface area contributed by atoms with Gasteiger partial charge in [-0.05, 0) is 49.6 Å². The Bertz CT molecular complexity index is 611. The monoisotopic (exact) mass is 339 g/mol. The molecule has 0 spiro atoms. The molecule has 0 aliphatic heterocycles. The van der Waals surface area contributed by atoms with Crippen LogP contribution in [-0.4, -0.2) is 23.7 Å². The van der Waals surface area contributed by atoms with E-state index in [9.17, 15) is 9.90 Å². The number of halogens is 1. The van der Waals surface area contributed by atoms with Crippen LogP contribution in [0, 0.1) is 0 Å². The topological polar surface area (TPSA) is 58.6 Å². The average molecular weight is 340 g/mol. The summed E-state index contributed by atoms with van der Waals surface area (Å²) in [4.78, 5) is 12.9. The van der Waals surface area contributed by atoms with Crippen LogP contribution in [-0.2, 0) is 10.4 Å². The first-order valence-electron chi connectivity index (χ1n) is 6.85. The van der Waals surface area contributed by atoms with Gasteiger partial charge in [0.1, 0.15) is 11.4 Å². The SMILES string of the molecule is CC(Oc1ccc(Cl)cc1)C(=O)NCC(C)(O)c1cccs1. The van der Waals surface area contributed by atoms with Gasteiger partial charge in [-0.2, -0.15) is 0 Å². The average Bonchev–Trinajstić information content (AvgIpc) is 3.02. The van der Waals surface area contributed by atoms with Gasteiger partial charge in [0.25, 0.3) is 5.91 Å². The zero-order valence-corrected chi connectivity index (χ0v) is 13.9. The largest absolute Gasteiger partial charge is 0.481 e. The van der Waals surface area contributed by atoms with Crippen LogP contribution in [0.2, 0.25) is 5.02 Å². The second-order valence-corrected chi connectivity index (χ2v) is 6.57. The second kappa shape index (κ2) is 7.13. The summed E-state index contributed by atoms with van der Waals surface area (Å²) in [6.45, 7) is 3.45. The first kappa shape index (κ1) is 16.8. The lowest BCUT2D eigenvalue weighted by Crippen LogP contribution is -2.43. The fraction of sp³-hybridized carbons (Fsp3) is 0.312. The standard InChI is InChI=1S/C16H18ClNO3S/c1-11(21-13-7-5-12(17)6-8-13)15(19)18-10-16(2,20)14-4-3-9-22-14/h3-9,11,20H,10H2,1-2H3,(H,18,19). The molecule has 2 unspecified atom stereocenters. The van der Waals surface area contributed by atoms with E-state index in [4.69, 9.17) is 16.3 Å². The summed E-state index contributed by atoms with van der Waals surface area (Å²) >= 11 is 7.25. The Morgan fingerprint density at radius 1 is 1.41 bits per heavy atom. The van der Waals surface area contributed by atoms with Crippen molar-refractivity contribution in [2.45, 2.75) is 25.6 Å². The third kappa shape index (κ3) is 4.47. The summed E-state index contributed by atoms with van der Waals surface area (Å²) in [5.74, 6) is 0.281. The van der Waals surface area contributed by atoms with Crippen molar-refractivity contribution in [3.05, 3.63) is 51.7 Å². The summed E-state index contributed by atoms with van der Waals surface area (Å²) in [7, 11) is 0. The van der Waals surface area contributed by atoms with E-state index >= 15 is 0 Å². The van der Waals surface area contributed by atoms with E-state index in [1.807, 2.05) is 17.5 Å². The first-order chi connectivity index (χ1) is 10.4. The Kier molecular flexibility index (Phi) is 5.45. The minimum atomic E-state index is -1.09. The Morgan fingerprint density at radius 3 is 2.68 bits per heavy atom. The lowest BCUT2D eigenvalue weighted by atomic mass is 10.1. The molecule has 0 aliphatic rings. The number of amides is 1. The number of rotatable bonds is 6. The van der Waals surface area contributed by atoms with Crippen LogP contribution >= 0.6 is 22.9 Å². The van der Waals surface area contributed by atoms with Gasteiger partial charge in [0.15, 0.2) is 6.10 Å². The molecule has 2 aromatic rings. The zero-order valence-electron chi connectivity index (χ0n) is 12.4. The van der Waals surface area contributed by atoms with Gasteiger partial charge in [-0.25, -0.2) is 0 Å². The summed E-state index contributed by atoms with van der Waals surface area (Å²) in [5.41, 5.74) is -1.09. The number of hydrogen-bond acceptors (Lipinski definition) is 4. The van der Waals surface area contributed by atoms with E-state index in [1.54, 1.807) is 38.1 Å². The third-order valence-electron chi connectivity index (χ3n) is 3.15. The number of benzene rings is 1. The van der Waals surface area contributed by atoms with Crippen molar-refractivity contribution in [3.8, 4) is 5.75 Å². The normalized spacial score (nSPS) is 14.9. The number of carbonyl (C=O) groups excluding carboxylic acids is 1. The van der Waals surface area contributed by atoms with E-state index < -0.39 is 11.7 Å².